The molecular weight excluding hydrogens is 276 g/mol. The third-order valence-electron chi connectivity index (χ3n) is 4.26. The highest BCUT2D eigenvalue weighted by Gasteiger charge is 2.36. The van der Waals surface area contributed by atoms with E-state index in [1.807, 2.05) is 6.26 Å². The molecule has 0 saturated carbocycles. The molecule has 0 radical (unpaired) electrons. The number of nitrogens with one attached hydrogen (secondary N) is 2. The molecular formula is C14H28N2O3S. The van der Waals surface area contributed by atoms with Gasteiger partial charge in [-0.1, -0.05) is 27.7 Å². The van der Waals surface area contributed by atoms with Crippen LogP contribution in [-0.4, -0.2) is 40.2 Å². The van der Waals surface area contributed by atoms with Crippen molar-refractivity contribution in [3.05, 3.63) is 0 Å². The fraction of sp³-hybridized carbons (Fsp3) is 0.857. The van der Waals surface area contributed by atoms with E-state index in [-0.39, 0.29) is 4.75 Å². The lowest BCUT2D eigenvalue weighted by molar-refractivity contribution is -0.144. The molecule has 0 aliphatic heterocycles. The zero-order chi connectivity index (χ0) is 15.8. The van der Waals surface area contributed by atoms with Crippen molar-refractivity contribution in [1.29, 1.82) is 0 Å². The summed E-state index contributed by atoms with van der Waals surface area (Å²) in [5, 5.41) is 14.7. The predicted molar refractivity (Wildman–Crippen MR) is 84.3 cm³/mol. The van der Waals surface area contributed by atoms with Gasteiger partial charge < -0.3 is 15.7 Å². The molecule has 0 unspecified atom stereocenters. The summed E-state index contributed by atoms with van der Waals surface area (Å²) in [6.07, 6.45) is 4.67. The van der Waals surface area contributed by atoms with Gasteiger partial charge in [0.1, 0.15) is 5.54 Å². The van der Waals surface area contributed by atoms with Crippen LogP contribution >= 0.6 is 11.8 Å². The number of urea groups is 1. The Kier molecular flexibility index (Phi) is 8.01. The van der Waals surface area contributed by atoms with Gasteiger partial charge in [0.15, 0.2) is 0 Å². The number of carbonyl (C=O) groups excluding carboxylic acids is 1. The minimum atomic E-state index is -1.18. The second kappa shape index (κ2) is 8.39. The number of thioether (sulfide) groups is 1. The van der Waals surface area contributed by atoms with Gasteiger partial charge in [-0.2, -0.15) is 11.8 Å². The van der Waals surface area contributed by atoms with Crippen molar-refractivity contribution < 1.29 is 14.7 Å². The van der Waals surface area contributed by atoms with Crippen LogP contribution in [0.3, 0.4) is 0 Å². The van der Waals surface area contributed by atoms with Crippen molar-refractivity contribution in [1.82, 2.24) is 10.6 Å². The highest BCUT2D eigenvalue weighted by molar-refractivity contribution is 8.00. The molecule has 2 amide bonds. The lowest BCUT2D eigenvalue weighted by Gasteiger charge is -2.32. The molecule has 118 valence electrons. The number of carbonyl (C=O) groups is 2. The summed E-state index contributed by atoms with van der Waals surface area (Å²) >= 11 is 1.74. The van der Waals surface area contributed by atoms with Crippen molar-refractivity contribution in [2.24, 2.45) is 0 Å². The zero-order valence-corrected chi connectivity index (χ0v) is 14.0. The second-order valence-electron chi connectivity index (χ2n) is 5.00. The summed E-state index contributed by atoms with van der Waals surface area (Å²) in [6, 6.07) is -0.406. The van der Waals surface area contributed by atoms with E-state index < -0.39 is 17.5 Å². The summed E-state index contributed by atoms with van der Waals surface area (Å²) in [4.78, 5) is 23.3. The van der Waals surface area contributed by atoms with Crippen molar-refractivity contribution in [2.45, 2.75) is 63.7 Å². The van der Waals surface area contributed by atoms with E-state index in [1.165, 1.54) is 0 Å². The minimum absolute atomic E-state index is 0.0155. The largest absolute Gasteiger partial charge is 0.480 e. The standard InChI is InChI=1S/C14H28N2O3S/c1-6-13(7-2,20-5)10-15-12(19)16-14(8-3,9-4)11(17)18/h6-10H2,1-5H3,(H,17,18)(H2,15,16,19). The van der Waals surface area contributed by atoms with Gasteiger partial charge in [0.05, 0.1) is 0 Å². The molecule has 0 aliphatic carbocycles. The van der Waals surface area contributed by atoms with Gasteiger partial charge in [-0.15, -0.1) is 0 Å². The molecule has 0 aliphatic rings. The Labute approximate surface area is 126 Å². The van der Waals surface area contributed by atoms with Crippen LogP contribution in [0, 0.1) is 0 Å². The van der Waals surface area contributed by atoms with Crippen LogP contribution < -0.4 is 10.6 Å². The third kappa shape index (κ3) is 4.58. The van der Waals surface area contributed by atoms with Crippen LogP contribution in [0.15, 0.2) is 0 Å². The molecule has 0 saturated heterocycles. The summed E-state index contributed by atoms with van der Waals surface area (Å²) in [5.74, 6) is -0.986. The van der Waals surface area contributed by atoms with E-state index in [1.54, 1.807) is 25.6 Å². The Morgan fingerprint density at radius 3 is 1.85 bits per heavy atom. The highest BCUT2D eigenvalue weighted by Crippen LogP contribution is 2.29. The molecule has 0 aromatic rings. The van der Waals surface area contributed by atoms with E-state index in [2.05, 4.69) is 24.5 Å². The first-order valence-electron chi connectivity index (χ1n) is 7.19. The summed E-state index contributed by atoms with van der Waals surface area (Å²) in [6.45, 7) is 8.26. The molecule has 0 atom stereocenters. The molecule has 6 heteroatoms. The van der Waals surface area contributed by atoms with Crippen LogP contribution in [-0.2, 0) is 4.79 Å². The maximum absolute atomic E-state index is 12.0. The number of amides is 2. The minimum Gasteiger partial charge on any atom is -0.480 e. The van der Waals surface area contributed by atoms with Gasteiger partial charge in [0.2, 0.25) is 0 Å². The molecule has 0 aromatic carbocycles. The first-order valence-corrected chi connectivity index (χ1v) is 8.42. The van der Waals surface area contributed by atoms with Gasteiger partial charge >= 0.3 is 12.0 Å². The van der Waals surface area contributed by atoms with Gasteiger partial charge in [0, 0.05) is 11.3 Å². The quantitative estimate of drug-likeness (QED) is 0.612. The summed E-state index contributed by atoms with van der Waals surface area (Å²) in [5.41, 5.74) is -1.18. The lowest BCUT2D eigenvalue weighted by atomic mass is 9.93. The van der Waals surface area contributed by atoms with E-state index in [4.69, 9.17) is 0 Å². The molecule has 5 nitrogen and oxygen atoms in total. The molecule has 20 heavy (non-hydrogen) atoms. The molecule has 0 aromatic heterocycles. The van der Waals surface area contributed by atoms with Gasteiger partial charge in [-0.05, 0) is 31.9 Å². The first-order chi connectivity index (χ1) is 9.35. The number of aliphatic carboxylic acids is 1. The molecule has 0 fully saturated rings. The Bertz CT molecular complexity index is 318. The monoisotopic (exact) mass is 304 g/mol. The highest BCUT2D eigenvalue weighted by atomic mass is 32.2. The third-order valence-corrected chi connectivity index (χ3v) is 5.85. The normalized spacial score (nSPS) is 12.1. The fourth-order valence-corrected chi connectivity index (χ4v) is 2.94. The van der Waals surface area contributed by atoms with E-state index in [0.717, 1.165) is 12.8 Å². The van der Waals surface area contributed by atoms with Gasteiger partial charge in [-0.3, -0.25) is 0 Å². The van der Waals surface area contributed by atoms with Crippen LogP contribution in [0.5, 0.6) is 0 Å². The number of carboxylic acids is 1. The van der Waals surface area contributed by atoms with Crippen molar-refractivity contribution in [2.75, 3.05) is 12.8 Å². The van der Waals surface area contributed by atoms with Crippen molar-refractivity contribution in [3.63, 3.8) is 0 Å². The van der Waals surface area contributed by atoms with E-state index in [9.17, 15) is 14.7 Å². The SMILES string of the molecule is CCC(CC)(CNC(=O)NC(CC)(CC)C(=O)O)SC. The maximum atomic E-state index is 12.0. The number of hydrogen-bond donors (Lipinski definition) is 3. The molecule has 0 rings (SSSR count). The average Bonchev–Trinajstić information content (AvgIpc) is 2.46. The average molecular weight is 304 g/mol. The molecule has 0 bridgehead atoms. The fourth-order valence-electron chi connectivity index (χ4n) is 2.15. The lowest BCUT2D eigenvalue weighted by Crippen LogP contribution is -2.57. The predicted octanol–water partition coefficient (Wildman–Crippen LogP) is 2.85. The maximum Gasteiger partial charge on any atom is 0.329 e. The van der Waals surface area contributed by atoms with Crippen LogP contribution in [0.1, 0.15) is 53.4 Å². The second-order valence-corrected chi connectivity index (χ2v) is 6.27. The smallest absolute Gasteiger partial charge is 0.329 e. The molecule has 0 spiro atoms. The van der Waals surface area contributed by atoms with Crippen LogP contribution in [0.2, 0.25) is 0 Å². The Balaban J connectivity index is 4.67. The van der Waals surface area contributed by atoms with Crippen LogP contribution in [0.4, 0.5) is 4.79 Å². The summed E-state index contributed by atoms with van der Waals surface area (Å²) in [7, 11) is 0. The molecule has 0 heterocycles. The number of rotatable bonds is 9. The summed E-state index contributed by atoms with van der Waals surface area (Å²) < 4.78 is 0.0155. The zero-order valence-electron chi connectivity index (χ0n) is 13.2. The first kappa shape index (κ1) is 19.1. The van der Waals surface area contributed by atoms with Crippen molar-refractivity contribution >= 4 is 23.8 Å². The van der Waals surface area contributed by atoms with E-state index in [0.29, 0.717) is 19.4 Å². The van der Waals surface area contributed by atoms with Gasteiger partial charge in [-0.25, -0.2) is 9.59 Å². The number of carboxylic acid groups (broad SMARTS) is 1. The van der Waals surface area contributed by atoms with E-state index >= 15 is 0 Å². The topological polar surface area (TPSA) is 78.4 Å². The Morgan fingerprint density at radius 1 is 1.05 bits per heavy atom. The Morgan fingerprint density at radius 2 is 1.55 bits per heavy atom. The Hall–Kier alpha value is -0.910. The molecule has 3 N–H and O–H groups in total. The number of hydrogen-bond acceptors (Lipinski definition) is 3. The van der Waals surface area contributed by atoms with Crippen LogP contribution in [0.25, 0.3) is 0 Å². The van der Waals surface area contributed by atoms with Crippen molar-refractivity contribution in [3.8, 4) is 0 Å². The van der Waals surface area contributed by atoms with Gasteiger partial charge in [0.25, 0.3) is 0 Å².